The number of ether oxygens (including phenoxy) is 1. The summed E-state index contributed by atoms with van der Waals surface area (Å²) in [5, 5.41) is 0. The van der Waals surface area contributed by atoms with Crippen molar-refractivity contribution in [3.8, 4) is 0 Å². The van der Waals surface area contributed by atoms with Crippen molar-refractivity contribution >= 4 is 0 Å². The normalized spacial score (nSPS) is 41.4. The number of fused-ring (bicyclic) bond motifs is 1. The first-order valence-corrected chi connectivity index (χ1v) is 6.06. The second kappa shape index (κ2) is 4.02. The van der Waals surface area contributed by atoms with Gasteiger partial charge in [-0.3, -0.25) is 4.90 Å². The maximum absolute atomic E-state index is 13.5. The largest absolute Gasteiger partial charge is 0.377 e. The van der Waals surface area contributed by atoms with Crippen LogP contribution >= 0.6 is 0 Å². The molecule has 0 aromatic carbocycles. The molecule has 0 saturated carbocycles. The highest BCUT2D eigenvalue weighted by atomic mass is 19.1. The van der Waals surface area contributed by atoms with Crippen LogP contribution in [0.15, 0.2) is 0 Å². The highest BCUT2D eigenvalue weighted by molar-refractivity contribution is 5.06. The van der Waals surface area contributed by atoms with Crippen molar-refractivity contribution in [3.05, 3.63) is 0 Å². The first-order chi connectivity index (χ1) is 7.03. The van der Waals surface area contributed by atoms with Gasteiger partial charge in [-0.05, 0) is 33.6 Å². The fourth-order valence-electron chi connectivity index (χ4n) is 3.06. The molecule has 88 valence electrons. The molecule has 0 radical (unpaired) electrons. The van der Waals surface area contributed by atoms with Gasteiger partial charge in [0.2, 0.25) is 0 Å². The van der Waals surface area contributed by atoms with Gasteiger partial charge in [-0.2, -0.15) is 0 Å². The summed E-state index contributed by atoms with van der Waals surface area (Å²) >= 11 is 0. The van der Waals surface area contributed by atoms with Gasteiger partial charge in [0, 0.05) is 24.5 Å². The van der Waals surface area contributed by atoms with E-state index in [-0.39, 0.29) is 11.6 Å². The average Bonchev–Trinajstić information content (AvgIpc) is 2.62. The maximum Gasteiger partial charge on any atom is 0.115 e. The molecule has 3 atom stereocenters. The van der Waals surface area contributed by atoms with Crippen LogP contribution in [0.25, 0.3) is 0 Å². The van der Waals surface area contributed by atoms with E-state index in [0.717, 1.165) is 6.42 Å². The number of rotatable bonds is 3. The van der Waals surface area contributed by atoms with E-state index in [1.807, 2.05) is 13.8 Å². The quantitative estimate of drug-likeness (QED) is 0.716. The molecular formula is C12H22FNO. The molecule has 2 heterocycles. The second-order valence-electron chi connectivity index (χ2n) is 5.43. The summed E-state index contributed by atoms with van der Waals surface area (Å²) in [5.41, 5.74) is 0.0170. The molecule has 0 N–H and O–H groups in total. The van der Waals surface area contributed by atoms with Crippen LogP contribution < -0.4 is 0 Å². The Morgan fingerprint density at radius 3 is 2.93 bits per heavy atom. The molecule has 2 aliphatic rings. The predicted octanol–water partition coefficient (Wildman–Crippen LogP) is 2.38. The summed E-state index contributed by atoms with van der Waals surface area (Å²) in [6.45, 7) is 7.61. The van der Waals surface area contributed by atoms with Crippen molar-refractivity contribution in [2.75, 3.05) is 13.2 Å². The van der Waals surface area contributed by atoms with E-state index < -0.39 is 6.17 Å². The molecule has 2 aliphatic heterocycles. The molecule has 0 aromatic rings. The fourth-order valence-corrected chi connectivity index (χ4v) is 3.06. The Kier molecular flexibility index (Phi) is 3.04. The van der Waals surface area contributed by atoms with Crippen LogP contribution in [0.4, 0.5) is 4.39 Å². The summed E-state index contributed by atoms with van der Waals surface area (Å²) in [6.07, 6.45) is 2.55. The summed E-state index contributed by atoms with van der Waals surface area (Å²) in [6, 6.07) is 0.529. The van der Waals surface area contributed by atoms with E-state index in [1.165, 1.54) is 6.42 Å². The van der Waals surface area contributed by atoms with Crippen LogP contribution in [0.3, 0.4) is 0 Å². The molecule has 15 heavy (non-hydrogen) atoms. The lowest BCUT2D eigenvalue weighted by molar-refractivity contribution is -0.00371. The van der Waals surface area contributed by atoms with Crippen molar-refractivity contribution in [1.29, 1.82) is 0 Å². The summed E-state index contributed by atoms with van der Waals surface area (Å²) in [7, 11) is 0. The monoisotopic (exact) mass is 215 g/mol. The minimum atomic E-state index is -0.650. The SMILES string of the molecule is CC(C)OC[C@@]12CC[C@@H](C)N1C[C@H](F)C2. The number of alkyl halides is 1. The zero-order chi connectivity index (χ0) is 11.1. The lowest BCUT2D eigenvalue weighted by Gasteiger charge is -2.34. The van der Waals surface area contributed by atoms with Crippen molar-refractivity contribution in [2.24, 2.45) is 0 Å². The van der Waals surface area contributed by atoms with Crippen molar-refractivity contribution < 1.29 is 9.13 Å². The molecule has 2 fully saturated rings. The minimum Gasteiger partial charge on any atom is -0.377 e. The lowest BCUT2D eigenvalue weighted by Crippen LogP contribution is -2.45. The highest BCUT2D eigenvalue weighted by Gasteiger charge is 2.51. The topological polar surface area (TPSA) is 12.5 Å². The Labute approximate surface area is 91.8 Å². The maximum atomic E-state index is 13.5. The zero-order valence-electron chi connectivity index (χ0n) is 10.0. The third-order valence-corrected chi connectivity index (χ3v) is 3.85. The van der Waals surface area contributed by atoms with E-state index in [0.29, 0.717) is 25.6 Å². The first kappa shape index (κ1) is 11.3. The summed E-state index contributed by atoms with van der Waals surface area (Å²) < 4.78 is 19.2. The molecule has 3 heteroatoms. The van der Waals surface area contributed by atoms with Gasteiger partial charge in [0.1, 0.15) is 6.17 Å². The Balaban J connectivity index is 2.04. The van der Waals surface area contributed by atoms with Crippen LogP contribution in [0.5, 0.6) is 0 Å². The number of nitrogens with zero attached hydrogens (tertiary/aromatic N) is 1. The van der Waals surface area contributed by atoms with Crippen LogP contribution in [-0.2, 0) is 4.74 Å². The van der Waals surface area contributed by atoms with Gasteiger partial charge in [0.05, 0.1) is 12.7 Å². The summed E-state index contributed by atoms with van der Waals surface area (Å²) in [4.78, 5) is 2.33. The van der Waals surface area contributed by atoms with Gasteiger partial charge >= 0.3 is 0 Å². The molecule has 0 unspecified atom stereocenters. The third-order valence-electron chi connectivity index (χ3n) is 3.85. The first-order valence-electron chi connectivity index (χ1n) is 6.06. The van der Waals surface area contributed by atoms with Crippen LogP contribution in [0, 0.1) is 0 Å². The average molecular weight is 215 g/mol. The number of halogens is 1. The van der Waals surface area contributed by atoms with Crippen molar-refractivity contribution in [2.45, 2.75) is 63.9 Å². The van der Waals surface area contributed by atoms with E-state index in [9.17, 15) is 4.39 Å². The van der Waals surface area contributed by atoms with Crippen molar-refractivity contribution in [1.82, 2.24) is 4.90 Å². The molecule has 0 amide bonds. The van der Waals surface area contributed by atoms with E-state index in [2.05, 4.69) is 11.8 Å². The van der Waals surface area contributed by atoms with Gasteiger partial charge < -0.3 is 4.74 Å². The molecule has 2 nitrogen and oxygen atoms in total. The zero-order valence-corrected chi connectivity index (χ0v) is 10.0. The predicted molar refractivity (Wildman–Crippen MR) is 58.7 cm³/mol. The second-order valence-corrected chi connectivity index (χ2v) is 5.43. The third kappa shape index (κ3) is 2.04. The molecular weight excluding hydrogens is 193 g/mol. The minimum absolute atomic E-state index is 0.0170. The Morgan fingerprint density at radius 1 is 1.53 bits per heavy atom. The Morgan fingerprint density at radius 2 is 2.27 bits per heavy atom. The number of hydrogen-bond donors (Lipinski definition) is 0. The van der Waals surface area contributed by atoms with Gasteiger partial charge in [-0.15, -0.1) is 0 Å². The molecule has 2 rings (SSSR count). The fraction of sp³-hybridized carbons (Fsp3) is 1.00. The Hall–Kier alpha value is -0.150. The molecule has 0 spiro atoms. The summed E-state index contributed by atoms with van der Waals surface area (Å²) in [5.74, 6) is 0. The van der Waals surface area contributed by atoms with Gasteiger partial charge in [-0.25, -0.2) is 4.39 Å². The Bertz CT molecular complexity index is 234. The van der Waals surface area contributed by atoms with Gasteiger partial charge in [0.25, 0.3) is 0 Å². The highest BCUT2D eigenvalue weighted by Crippen LogP contribution is 2.43. The van der Waals surface area contributed by atoms with Crippen LogP contribution in [0.2, 0.25) is 0 Å². The van der Waals surface area contributed by atoms with E-state index >= 15 is 0 Å². The van der Waals surface area contributed by atoms with E-state index in [4.69, 9.17) is 4.74 Å². The van der Waals surface area contributed by atoms with E-state index in [1.54, 1.807) is 0 Å². The van der Waals surface area contributed by atoms with Gasteiger partial charge in [0.15, 0.2) is 0 Å². The standard InChI is InChI=1S/C12H22FNO/c1-9(2)15-8-12-5-4-10(3)14(12)7-11(13)6-12/h9-11H,4-8H2,1-3H3/t10-,11-,12+/m1/s1. The molecule has 2 saturated heterocycles. The number of hydrogen-bond acceptors (Lipinski definition) is 2. The molecule has 0 bridgehead atoms. The molecule has 0 aliphatic carbocycles. The molecule has 0 aromatic heterocycles. The van der Waals surface area contributed by atoms with Crippen LogP contribution in [0.1, 0.15) is 40.0 Å². The smallest absolute Gasteiger partial charge is 0.115 e. The van der Waals surface area contributed by atoms with Gasteiger partial charge in [-0.1, -0.05) is 0 Å². The lowest BCUT2D eigenvalue weighted by atomic mass is 9.94. The van der Waals surface area contributed by atoms with Crippen molar-refractivity contribution in [3.63, 3.8) is 0 Å². The van der Waals surface area contributed by atoms with Crippen LogP contribution in [-0.4, -0.2) is 41.9 Å².